The molecule has 338 valence electrons. The van der Waals surface area contributed by atoms with Crippen molar-refractivity contribution < 1.29 is 24.5 Å². The number of unbranched alkanes of at least 4 members (excludes halogenated alkanes) is 25. The fraction of sp³-hybridized carbons (Fsp3) is 0.808. The molecule has 0 heterocycles. The lowest BCUT2D eigenvalue weighted by molar-refractivity contribution is -0.151. The van der Waals surface area contributed by atoms with Gasteiger partial charge in [-0.05, 0) is 77.0 Å². The SMILES string of the molecule is CC/C=C/C/C=C/CCCCCCCC(CC(=O)NC(CO)C(O)CCCCCCCCCCCCC)OC(=O)CCCCC/C=C/C=C/CCCCCCCCC. The van der Waals surface area contributed by atoms with E-state index in [0.29, 0.717) is 19.3 Å². The van der Waals surface area contributed by atoms with Crippen LogP contribution in [-0.4, -0.2) is 46.9 Å². The molecule has 1 amide bonds. The molecule has 3 unspecified atom stereocenters. The monoisotopic (exact) mass is 814 g/mol. The number of rotatable bonds is 44. The molecule has 3 atom stereocenters. The maximum absolute atomic E-state index is 13.2. The fourth-order valence-corrected chi connectivity index (χ4v) is 7.40. The van der Waals surface area contributed by atoms with Gasteiger partial charge in [-0.1, -0.05) is 204 Å². The first kappa shape index (κ1) is 55.8. The molecule has 0 rings (SSSR count). The second-order valence-electron chi connectivity index (χ2n) is 16.9. The molecule has 0 aliphatic carbocycles. The van der Waals surface area contributed by atoms with Crippen LogP contribution in [0.4, 0.5) is 0 Å². The second-order valence-corrected chi connectivity index (χ2v) is 16.9. The summed E-state index contributed by atoms with van der Waals surface area (Å²) in [6.07, 6.45) is 54.6. The summed E-state index contributed by atoms with van der Waals surface area (Å²) in [6.45, 7) is 6.35. The molecule has 0 radical (unpaired) electrons. The van der Waals surface area contributed by atoms with Crippen molar-refractivity contribution in [1.82, 2.24) is 5.32 Å². The van der Waals surface area contributed by atoms with Crippen molar-refractivity contribution in [3.05, 3.63) is 48.6 Å². The predicted octanol–water partition coefficient (Wildman–Crippen LogP) is 14.7. The summed E-state index contributed by atoms with van der Waals surface area (Å²) in [5.74, 6) is -0.518. The Labute approximate surface area is 359 Å². The van der Waals surface area contributed by atoms with E-state index < -0.39 is 18.2 Å². The molecule has 0 saturated heterocycles. The van der Waals surface area contributed by atoms with E-state index >= 15 is 0 Å². The zero-order chi connectivity index (χ0) is 42.4. The number of nitrogens with one attached hydrogen (secondary N) is 1. The molecule has 6 nitrogen and oxygen atoms in total. The summed E-state index contributed by atoms with van der Waals surface area (Å²) in [5.41, 5.74) is 0. The highest BCUT2D eigenvalue weighted by atomic mass is 16.5. The Morgan fingerprint density at radius 1 is 0.534 bits per heavy atom. The van der Waals surface area contributed by atoms with Crippen LogP contribution in [0.3, 0.4) is 0 Å². The van der Waals surface area contributed by atoms with Gasteiger partial charge < -0.3 is 20.3 Å². The molecule has 58 heavy (non-hydrogen) atoms. The first-order valence-corrected chi connectivity index (χ1v) is 24.9. The lowest BCUT2D eigenvalue weighted by atomic mass is 10.0. The van der Waals surface area contributed by atoms with Crippen LogP contribution in [0.5, 0.6) is 0 Å². The average molecular weight is 814 g/mol. The molecule has 0 aliphatic rings. The molecule has 0 saturated carbocycles. The molecule has 6 heteroatoms. The van der Waals surface area contributed by atoms with Crippen LogP contribution in [0.15, 0.2) is 48.6 Å². The predicted molar refractivity (Wildman–Crippen MR) is 250 cm³/mol. The minimum atomic E-state index is -0.795. The average Bonchev–Trinajstić information content (AvgIpc) is 3.22. The second kappa shape index (κ2) is 45.9. The molecule has 0 aromatic carbocycles. The molecule has 0 bridgehead atoms. The number of amides is 1. The van der Waals surface area contributed by atoms with E-state index in [1.807, 2.05) is 0 Å². The van der Waals surface area contributed by atoms with Crippen molar-refractivity contribution in [2.45, 2.75) is 264 Å². The normalized spacial score (nSPS) is 13.7. The number of hydrogen-bond donors (Lipinski definition) is 3. The lowest BCUT2D eigenvalue weighted by Gasteiger charge is -2.24. The van der Waals surface area contributed by atoms with Gasteiger partial charge in [0.25, 0.3) is 0 Å². The van der Waals surface area contributed by atoms with Gasteiger partial charge >= 0.3 is 5.97 Å². The van der Waals surface area contributed by atoms with Crippen molar-refractivity contribution >= 4 is 11.9 Å². The third-order valence-corrected chi connectivity index (χ3v) is 11.2. The smallest absolute Gasteiger partial charge is 0.306 e. The van der Waals surface area contributed by atoms with E-state index in [-0.39, 0.29) is 24.9 Å². The molecule has 0 fully saturated rings. The van der Waals surface area contributed by atoms with Gasteiger partial charge in [-0.3, -0.25) is 9.59 Å². The van der Waals surface area contributed by atoms with E-state index in [0.717, 1.165) is 89.9 Å². The van der Waals surface area contributed by atoms with Gasteiger partial charge in [0.2, 0.25) is 5.91 Å². The van der Waals surface area contributed by atoms with Crippen molar-refractivity contribution in [3.8, 4) is 0 Å². The van der Waals surface area contributed by atoms with Gasteiger partial charge in [-0.15, -0.1) is 0 Å². The fourth-order valence-electron chi connectivity index (χ4n) is 7.40. The van der Waals surface area contributed by atoms with Crippen LogP contribution in [0, 0.1) is 0 Å². The molecule has 0 aromatic heterocycles. The van der Waals surface area contributed by atoms with E-state index in [4.69, 9.17) is 4.74 Å². The Balaban J connectivity index is 4.62. The molecule has 3 N–H and O–H groups in total. The summed E-state index contributed by atoms with van der Waals surface area (Å²) < 4.78 is 5.90. The van der Waals surface area contributed by atoms with Crippen molar-refractivity contribution in [2.75, 3.05) is 6.61 Å². The van der Waals surface area contributed by atoms with Crippen LogP contribution in [0.2, 0.25) is 0 Å². The highest BCUT2D eigenvalue weighted by Crippen LogP contribution is 2.17. The minimum absolute atomic E-state index is 0.0575. The van der Waals surface area contributed by atoms with E-state index in [2.05, 4.69) is 74.7 Å². The summed E-state index contributed by atoms with van der Waals surface area (Å²) in [4.78, 5) is 26.1. The van der Waals surface area contributed by atoms with Gasteiger partial charge in [0.15, 0.2) is 0 Å². The lowest BCUT2D eigenvalue weighted by Crippen LogP contribution is -2.46. The molecular formula is C52H95NO5. The van der Waals surface area contributed by atoms with Crippen molar-refractivity contribution in [3.63, 3.8) is 0 Å². The first-order valence-electron chi connectivity index (χ1n) is 24.9. The number of ether oxygens (including phenoxy) is 1. The van der Waals surface area contributed by atoms with Crippen LogP contribution < -0.4 is 5.32 Å². The van der Waals surface area contributed by atoms with Crippen LogP contribution in [0.1, 0.15) is 245 Å². The van der Waals surface area contributed by atoms with Crippen molar-refractivity contribution in [2.24, 2.45) is 0 Å². The number of hydrogen-bond acceptors (Lipinski definition) is 5. The van der Waals surface area contributed by atoms with Gasteiger partial charge in [0, 0.05) is 6.42 Å². The van der Waals surface area contributed by atoms with E-state index in [1.54, 1.807) is 0 Å². The Morgan fingerprint density at radius 3 is 1.50 bits per heavy atom. The third kappa shape index (κ3) is 40.6. The maximum Gasteiger partial charge on any atom is 0.306 e. The Bertz CT molecular complexity index is 1000. The number of carbonyl (C=O) groups excluding carboxylic acids is 2. The summed E-state index contributed by atoms with van der Waals surface area (Å²) >= 11 is 0. The zero-order valence-corrected chi connectivity index (χ0v) is 38.4. The van der Waals surface area contributed by atoms with Gasteiger partial charge in [-0.25, -0.2) is 0 Å². The number of aliphatic hydroxyl groups is 2. The Kier molecular flexibility index (Phi) is 44.2. The quantitative estimate of drug-likeness (QED) is 0.0246. The van der Waals surface area contributed by atoms with Crippen LogP contribution in [-0.2, 0) is 14.3 Å². The number of esters is 1. The number of aliphatic hydroxyl groups excluding tert-OH is 2. The molecule has 0 aliphatic heterocycles. The maximum atomic E-state index is 13.2. The van der Waals surface area contributed by atoms with Gasteiger partial charge in [0.1, 0.15) is 6.10 Å². The first-order chi connectivity index (χ1) is 28.5. The molecule has 0 aromatic rings. The Morgan fingerprint density at radius 2 is 0.983 bits per heavy atom. The third-order valence-electron chi connectivity index (χ3n) is 11.2. The zero-order valence-electron chi connectivity index (χ0n) is 38.4. The highest BCUT2D eigenvalue weighted by molar-refractivity contribution is 5.77. The summed E-state index contributed by atoms with van der Waals surface area (Å²) in [7, 11) is 0. The molecular weight excluding hydrogens is 719 g/mol. The number of carbonyl (C=O) groups is 2. The van der Waals surface area contributed by atoms with Crippen LogP contribution in [0.25, 0.3) is 0 Å². The minimum Gasteiger partial charge on any atom is -0.462 e. The summed E-state index contributed by atoms with van der Waals surface area (Å²) in [5, 5.41) is 23.7. The van der Waals surface area contributed by atoms with Crippen LogP contribution >= 0.6 is 0 Å². The Hall–Kier alpha value is -2.18. The van der Waals surface area contributed by atoms with E-state index in [1.165, 1.54) is 109 Å². The van der Waals surface area contributed by atoms with E-state index in [9.17, 15) is 19.8 Å². The van der Waals surface area contributed by atoms with Gasteiger partial charge in [0.05, 0.1) is 25.2 Å². The largest absolute Gasteiger partial charge is 0.462 e. The molecule has 0 spiro atoms. The standard InChI is InChI=1S/C52H95NO5/c1-4-7-10-13-16-19-22-24-25-26-27-30-33-36-39-42-45-52(57)58-48(43-40-37-34-31-29-23-20-17-14-11-8-5-2)46-51(56)53-49(47-54)50(55)44-41-38-35-32-28-21-18-15-12-9-6-3/h8,11,17,20,25-27,30,48-50,54-55H,4-7,9-10,12-16,18-19,21-24,28-29,31-47H2,1-3H3,(H,53,56)/b11-8+,20-17+,26-25+,30-27+. The van der Waals surface area contributed by atoms with Gasteiger partial charge in [-0.2, -0.15) is 0 Å². The van der Waals surface area contributed by atoms with Crippen molar-refractivity contribution in [1.29, 1.82) is 0 Å². The topological polar surface area (TPSA) is 95.9 Å². The summed E-state index contributed by atoms with van der Waals surface area (Å²) in [6, 6.07) is -0.710. The highest BCUT2D eigenvalue weighted by Gasteiger charge is 2.24. The number of allylic oxidation sites excluding steroid dienone is 8.